The Hall–Kier alpha value is -2.69. The first-order valence-corrected chi connectivity index (χ1v) is 10.2. The third kappa shape index (κ3) is 6.70. The van der Waals surface area contributed by atoms with Gasteiger partial charge in [-0.3, -0.25) is 9.59 Å². The number of hydrogen-bond donors (Lipinski definition) is 1. The first-order chi connectivity index (χ1) is 13.8. The summed E-state index contributed by atoms with van der Waals surface area (Å²) < 4.78 is 13.2. The van der Waals surface area contributed by atoms with Gasteiger partial charge in [0.15, 0.2) is 0 Å². The van der Waals surface area contributed by atoms with Gasteiger partial charge < -0.3 is 10.2 Å². The van der Waals surface area contributed by atoms with E-state index in [-0.39, 0.29) is 30.1 Å². The fraction of sp³-hybridized carbons (Fsp3) is 0.417. The number of rotatable bonds is 9. The van der Waals surface area contributed by atoms with Gasteiger partial charge in [0.1, 0.15) is 11.9 Å². The molecule has 0 spiro atoms. The number of benzene rings is 2. The van der Waals surface area contributed by atoms with E-state index < -0.39 is 6.04 Å². The van der Waals surface area contributed by atoms with Crippen molar-refractivity contribution >= 4 is 11.8 Å². The Kier molecular flexibility index (Phi) is 8.37. The van der Waals surface area contributed by atoms with Crippen LogP contribution in [0.1, 0.15) is 50.3 Å². The Morgan fingerprint density at radius 2 is 1.55 bits per heavy atom. The molecule has 2 aromatic carbocycles. The van der Waals surface area contributed by atoms with Gasteiger partial charge >= 0.3 is 0 Å². The number of nitrogens with zero attached hydrogens (tertiary/aromatic N) is 1. The summed E-state index contributed by atoms with van der Waals surface area (Å²) in [4.78, 5) is 27.7. The second-order valence-corrected chi connectivity index (χ2v) is 7.55. The maximum absolute atomic E-state index is 13.2. The highest BCUT2D eigenvalue weighted by molar-refractivity contribution is 5.88. The number of carbonyl (C=O) groups excluding carboxylic acids is 2. The second-order valence-electron chi connectivity index (χ2n) is 7.55. The lowest BCUT2D eigenvalue weighted by Gasteiger charge is -2.31. The maximum atomic E-state index is 13.2. The average Bonchev–Trinajstić information content (AvgIpc) is 2.70. The standard InChI is InChI=1S/C24H31FN2O2/c1-5-18(4)26-24(29)22(6-2)27(16-20-9-7-17(3)8-10-20)23(28)15-19-11-13-21(25)14-12-19/h7-14,18,22H,5-6,15-16H2,1-4H3,(H,26,29)/t18-,22-/m1/s1. The Morgan fingerprint density at radius 3 is 2.10 bits per heavy atom. The van der Waals surface area contributed by atoms with Crippen LogP contribution in [-0.2, 0) is 22.6 Å². The number of hydrogen-bond acceptors (Lipinski definition) is 2. The molecular formula is C24H31FN2O2. The molecule has 0 aromatic heterocycles. The fourth-order valence-electron chi connectivity index (χ4n) is 3.13. The van der Waals surface area contributed by atoms with Crippen molar-refractivity contribution < 1.29 is 14.0 Å². The Morgan fingerprint density at radius 1 is 0.966 bits per heavy atom. The Balaban J connectivity index is 2.26. The molecule has 5 heteroatoms. The number of halogens is 1. The van der Waals surface area contributed by atoms with Crippen LogP contribution in [0.4, 0.5) is 4.39 Å². The molecule has 0 aliphatic heterocycles. The van der Waals surface area contributed by atoms with Crippen molar-refractivity contribution in [1.29, 1.82) is 0 Å². The molecule has 0 unspecified atom stereocenters. The summed E-state index contributed by atoms with van der Waals surface area (Å²) in [5.41, 5.74) is 2.83. The second kappa shape index (κ2) is 10.7. The van der Waals surface area contributed by atoms with Gasteiger partial charge in [-0.2, -0.15) is 0 Å². The molecule has 2 atom stereocenters. The van der Waals surface area contributed by atoms with Gasteiger partial charge in [0.05, 0.1) is 6.42 Å². The van der Waals surface area contributed by atoms with Crippen LogP contribution in [0.2, 0.25) is 0 Å². The first kappa shape index (κ1) is 22.6. The molecule has 0 radical (unpaired) electrons. The summed E-state index contributed by atoms with van der Waals surface area (Å²) >= 11 is 0. The minimum Gasteiger partial charge on any atom is -0.352 e. The third-order valence-corrected chi connectivity index (χ3v) is 5.13. The summed E-state index contributed by atoms with van der Waals surface area (Å²) in [7, 11) is 0. The monoisotopic (exact) mass is 398 g/mol. The topological polar surface area (TPSA) is 49.4 Å². The van der Waals surface area contributed by atoms with E-state index in [1.165, 1.54) is 12.1 Å². The predicted octanol–water partition coefficient (Wildman–Crippen LogP) is 4.40. The van der Waals surface area contributed by atoms with Gasteiger partial charge in [0.2, 0.25) is 11.8 Å². The molecule has 156 valence electrons. The van der Waals surface area contributed by atoms with Crippen molar-refractivity contribution in [2.75, 3.05) is 0 Å². The molecule has 0 aliphatic carbocycles. The van der Waals surface area contributed by atoms with E-state index in [4.69, 9.17) is 0 Å². The third-order valence-electron chi connectivity index (χ3n) is 5.13. The summed E-state index contributed by atoms with van der Waals surface area (Å²) in [5, 5.41) is 3.00. The van der Waals surface area contributed by atoms with E-state index in [0.29, 0.717) is 13.0 Å². The van der Waals surface area contributed by atoms with Crippen molar-refractivity contribution in [2.45, 2.75) is 65.6 Å². The zero-order valence-electron chi connectivity index (χ0n) is 17.7. The summed E-state index contributed by atoms with van der Waals surface area (Å²) in [6.07, 6.45) is 1.46. The quantitative estimate of drug-likeness (QED) is 0.681. The Labute approximate surface area is 173 Å². The van der Waals surface area contributed by atoms with E-state index >= 15 is 0 Å². The van der Waals surface area contributed by atoms with Gasteiger partial charge in [-0.25, -0.2) is 4.39 Å². The molecule has 4 nitrogen and oxygen atoms in total. The normalized spacial score (nSPS) is 12.9. The fourth-order valence-corrected chi connectivity index (χ4v) is 3.13. The summed E-state index contributed by atoms with van der Waals surface area (Å²) in [6.45, 7) is 8.24. The zero-order valence-corrected chi connectivity index (χ0v) is 17.7. The van der Waals surface area contributed by atoms with Crippen molar-refractivity contribution in [3.8, 4) is 0 Å². The highest BCUT2D eigenvalue weighted by atomic mass is 19.1. The van der Waals surface area contributed by atoms with Crippen molar-refractivity contribution in [3.63, 3.8) is 0 Å². The molecule has 2 aromatic rings. The molecule has 0 fully saturated rings. The van der Waals surface area contributed by atoms with E-state index in [2.05, 4.69) is 5.32 Å². The molecule has 0 heterocycles. The zero-order chi connectivity index (χ0) is 21.4. The van der Waals surface area contributed by atoms with Crippen LogP contribution in [0.25, 0.3) is 0 Å². The van der Waals surface area contributed by atoms with Gasteiger partial charge in [-0.15, -0.1) is 0 Å². The van der Waals surface area contributed by atoms with Crippen LogP contribution in [0.15, 0.2) is 48.5 Å². The molecule has 0 saturated heterocycles. The molecule has 0 bridgehead atoms. The first-order valence-electron chi connectivity index (χ1n) is 10.2. The molecule has 29 heavy (non-hydrogen) atoms. The van der Waals surface area contributed by atoms with Gasteiger partial charge in [-0.1, -0.05) is 55.8 Å². The molecular weight excluding hydrogens is 367 g/mol. The van der Waals surface area contributed by atoms with E-state index in [1.54, 1.807) is 17.0 Å². The molecule has 0 saturated carbocycles. The van der Waals surface area contributed by atoms with E-state index in [9.17, 15) is 14.0 Å². The Bertz CT molecular complexity index is 803. The lowest BCUT2D eigenvalue weighted by atomic mass is 10.1. The highest BCUT2D eigenvalue weighted by Gasteiger charge is 2.29. The average molecular weight is 399 g/mol. The molecule has 2 amide bonds. The lowest BCUT2D eigenvalue weighted by molar-refractivity contribution is -0.141. The van der Waals surface area contributed by atoms with Crippen molar-refractivity contribution in [2.24, 2.45) is 0 Å². The van der Waals surface area contributed by atoms with Crippen LogP contribution >= 0.6 is 0 Å². The highest BCUT2D eigenvalue weighted by Crippen LogP contribution is 2.16. The van der Waals surface area contributed by atoms with Crippen LogP contribution in [0.3, 0.4) is 0 Å². The largest absolute Gasteiger partial charge is 0.352 e. The number of carbonyl (C=O) groups is 2. The van der Waals surface area contributed by atoms with Crippen LogP contribution < -0.4 is 5.32 Å². The number of amides is 2. The van der Waals surface area contributed by atoms with Crippen LogP contribution in [0, 0.1) is 12.7 Å². The molecule has 0 aliphatic rings. The van der Waals surface area contributed by atoms with Gasteiger partial charge in [0.25, 0.3) is 0 Å². The maximum Gasteiger partial charge on any atom is 0.243 e. The molecule has 2 rings (SSSR count). The summed E-state index contributed by atoms with van der Waals surface area (Å²) in [6, 6.07) is 13.4. The van der Waals surface area contributed by atoms with Crippen molar-refractivity contribution in [3.05, 3.63) is 71.0 Å². The van der Waals surface area contributed by atoms with E-state index in [0.717, 1.165) is 23.1 Å². The van der Waals surface area contributed by atoms with Gasteiger partial charge in [-0.05, 0) is 49.9 Å². The predicted molar refractivity (Wildman–Crippen MR) is 114 cm³/mol. The number of nitrogens with one attached hydrogen (secondary N) is 1. The van der Waals surface area contributed by atoms with Gasteiger partial charge in [0, 0.05) is 12.6 Å². The SMILES string of the molecule is CC[C@@H](C)NC(=O)[C@@H](CC)N(Cc1ccc(C)cc1)C(=O)Cc1ccc(F)cc1. The van der Waals surface area contributed by atoms with Crippen molar-refractivity contribution in [1.82, 2.24) is 10.2 Å². The smallest absolute Gasteiger partial charge is 0.243 e. The summed E-state index contributed by atoms with van der Waals surface area (Å²) in [5.74, 6) is -0.623. The van der Waals surface area contributed by atoms with Crippen LogP contribution in [0.5, 0.6) is 0 Å². The minimum atomic E-state index is -0.557. The lowest BCUT2D eigenvalue weighted by Crippen LogP contribution is -2.51. The molecule has 1 N–H and O–H groups in total. The van der Waals surface area contributed by atoms with Crippen LogP contribution in [-0.4, -0.2) is 28.8 Å². The number of aryl methyl sites for hydroxylation is 1. The van der Waals surface area contributed by atoms with E-state index in [1.807, 2.05) is 52.0 Å². The minimum absolute atomic E-state index is 0.0463.